The minimum Gasteiger partial charge on any atom is -0.490 e. The quantitative estimate of drug-likeness (QED) is 0.226. The van der Waals surface area contributed by atoms with Crippen LogP contribution in [0.1, 0.15) is 68.7 Å². The third-order valence-corrected chi connectivity index (χ3v) is 8.40. The van der Waals surface area contributed by atoms with Crippen LogP contribution in [-0.2, 0) is 23.8 Å². The first-order chi connectivity index (χ1) is 20.0. The molecule has 8 nitrogen and oxygen atoms in total. The highest BCUT2D eigenvalue weighted by Crippen LogP contribution is 2.27. The van der Waals surface area contributed by atoms with Gasteiger partial charge < -0.3 is 29.5 Å². The van der Waals surface area contributed by atoms with Crippen LogP contribution in [0.2, 0.25) is 0 Å². The molecule has 0 bridgehead atoms. The molecule has 244 valence electrons. The first-order valence-electron chi connectivity index (χ1n) is 15.3. The number of aliphatic hydroxyl groups excluding tert-OH is 3. The highest BCUT2D eigenvalue weighted by molar-refractivity contribution is 5.92. The Morgan fingerprint density at radius 2 is 1.70 bits per heavy atom. The number of aliphatic hydroxyl groups is 3. The summed E-state index contributed by atoms with van der Waals surface area (Å²) in [6, 6.07) is 0. The Morgan fingerprint density at radius 1 is 1.07 bits per heavy atom. The van der Waals surface area contributed by atoms with E-state index in [1.807, 2.05) is 66.7 Å². The van der Waals surface area contributed by atoms with Gasteiger partial charge in [-0.2, -0.15) is 0 Å². The summed E-state index contributed by atoms with van der Waals surface area (Å²) in [7, 11) is 2.86. The summed E-state index contributed by atoms with van der Waals surface area (Å²) in [5.74, 6) is -2.96. The fraction of sp³-hybridized carbons (Fsp3) is 0.657. The van der Waals surface area contributed by atoms with Crippen LogP contribution >= 0.6 is 0 Å². The highest BCUT2D eigenvalue weighted by atomic mass is 16.6. The predicted octanol–water partition coefficient (Wildman–Crippen LogP) is 5.34. The number of carbonyl (C=O) groups is 2. The van der Waals surface area contributed by atoms with E-state index in [1.54, 1.807) is 32.1 Å². The summed E-state index contributed by atoms with van der Waals surface area (Å²) < 4.78 is 17.0. The van der Waals surface area contributed by atoms with Crippen molar-refractivity contribution in [2.75, 3.05) is 14.2 Å². The average molecular weight is 605 g/mol. The molecule has 0 saturated carbocycles. The summed E-state index contributed by atoms with van der Waals surface area (Å²) in [6.07, 6.45) is 8.65. The molecule has 0 aromatic carbocycles. The molecule has 0 aliphatic carbocycles. The highest BCUT2D eigenvalue weighted by Gasteiger charge is 2.38. The van der Waals surface area contributed by atoms with Crippen molar-refractivity contribution in [1.82, 2.24) is 0 Å². The molecule has 10 atom stereocenters. The van der Waals surface area contributed by atoms with Crippen molar-refractivity contribution >= 4 is 11.8 Å². The zero-order chi connectivity index (χ0) is 33.0. The van der Waals surface area contributed by atoms with Crippen LogP contribution in [0.4, 0.5) is 0 Å². The number of allylic oxidation sites excluding steroid dienone is 6. The normalized spacial score (nSPS) is 31.9. The number of esters is 1. The van der Waals surface area contributed by atoms with Gasteiger partial charge in [0.05, 0.1) is 25.4 Å². The van der Waals surface area contributed by atoms with Crippen molar-refractivity contribution in [2.45, 2.75) is 99.3 Å². The van der Waals surface area contributed by atoms with Gasteiger partial charge in [0, 0.05) is 30.8 Å². The number of methoxy groups -OCH3 is 2. The van der Waals surface area contributed by atoms with E-state index in [0.717, 1.165) is 11.1 Å². The van der Waals surface area contributed by atoms with Gasteiger partial charge in [-0.1, -0.05) is 90.0 Å². The van der Waals surface area contributed by atoms with Gasteiger partial charge in [0.25, 0.3) is 0 Å². The minimum atomic E-state index is -1.17. The van der Waals surface area contributed by atoms with E-state index < -0.39 is 48.3 Å². The number of ketones is 1. The lowest BCUT2D eigenvalue weighted by Crippen LogP contribution is -2.45. The van der Waals surface area contributed by atoms with Crippen LogP contribution in [-0.4, -0.2) is 71.8 Å². The van der Waals surface area contributed by atoms with Crippen LogP contribution in [0.3, 0.4) is 0 Å². The van der Waals surface area contributed by atoms with E-state index in [-0.39, 0.29) is 35.2 Å². The largest absolute Gasteiger partial charge is 0.490 e. The Kier molecular flexibility index (Phi) is 16.4. The number of hydrogen-bond donors (Lipinski definition) is 3. The molecule has 0 aromatic rings. The number of cyclic esters (lactones) is 1. The molecule has 43 heavy (non-hydrogen) atoms. The molecule has 0 amide bonds. The van der Waals surface area contributed by atoms with Crippen LogP contribution in [0.5, 0.6) is 0 Å². The van der Waals surface area contributed by atoms with Crippen LogP contribution in [0, 0.1) is 35.5 Å². The lowest BCUT2D eigenvalue weighted by Gasteiger charge is -2.33. The molecule has 0 radical (unpaired) electrons. The maximum Gasteiger partial charge on any atom is 0.373 e. The second-order valence-electron chi connectivity index (χ2n) is 12.6. The third-order valence-electron chi connectivity index (χ3n) is 8.40. The summed E-state index contributed by atoms with van der Waals surface area (Å²) in [6.45, 7) is 16.7. The summed E-state index contributed by atoms with van der Waals surface area (Å²) in [5.41, 5.74) is 1.78. The van der Waals surface area contributed by atoms with Crippen molar-refractivity contribution in [2.24, 2.45) is 35.5 Å². The minimum absolute atomic E-state index is 0.00159. The predicted molar refractivity (Wildman–Crippen MR) is 170 cm³/mol. The van der Waals surface area contributed by atoms with Crippen molar-refractivity contribution in [3.8, 4) is 0 Å². The first kappa shape index (κ1) is 38.5. The van der Waals surface area contributed by atoms with Crippen molar-refractivity contribution < 1.29 is 39.1 Å². The summed E-state index contributed by atoms with van der Waals surface area (Å²) >= 11 is 0. The zero-order valence-electron chi connectivity index (χ0n) is 28.0. The molecular weight excluding hydrogens is 548 g/mol. The molecular formula is C35H56O8. The Balaban J connectivity index is 3.46. The third kappa shape index (κ3) is 11.8. The van der Waals surface area contributed by atoms with Crippen molar-refractivity contribution in [1.29, 1.82) is 0 Å². The second-order valence-corrected chi connectivity index (χ2v) is 12.6. The van der Waals surface area contributed by atoms with Gasteiger partial charge in [0.2, 0.25) is 5.76 Å². The molecule has 8 heteroatoms. The van der Waals surface area contributed by atoms with E-state index in [4.69, 9.17) is 14.2 Å². The van der Waals surface area contributed by atoms with E-state index in [9.17, 15) is 24.9 Å². The molecule has 1 rings (SSSR count). The maximum absolute atomic E-state index is 13.4. The standard InChI is InChI=1S/C35H56O8/c1-20(2)31(37)23(5)15-16-28(36)26(8)33(39)27(9)34-29(41-10)14-12-13-21(3)17-24(6)32(38)25(7)18-22(4)19-30(42-11)35(40)43-34/h12-16,18-20,23-27,29,31-34,37-39H,17H2,1-11H3/b14-12?,16-15+,21-13-,22-18+,30-19-/t23-,24-,25+,26+,27-,29-,31+,32-,33-,34+/m0/s1. The molecule has 1 heterocycles. The van der Waals surface area contributed by atoms with Gasteiger partial charge in [-0.15, -0.1) is 0 Å². The lowest BCUT2D eigenvalue weighted by molar-refractivity contribution is -0.162. The fourth-order valence-corrected chi connectivity index (χ4v) is 5.43. The van der Waals surface area contributed by atoms with Gasteiger partial charge in [-0.05, 0) is 44.3 Å². The van der Waals surface area contributed by atoms with Crippen molar-refractivity contribution in [3.63, 3.8) is 0 Å². The molecule has 1 aliphatic heterocycles. The smallest absolute Gasteiger partial charge is 0.373 e. The van der Waals surface area contributed by atoms with Gasteiger partial charge in [-0.25, -0.2) is 4.79 Å². The number of rotatable bonds is 10. The topological polar surface area (TPSA) is 123 Å². The number of hydrogen-bond acceptors (Lipinski definition) is 8. The molecule has 3 N–H and O–H groups in total. The average Bonchev–Trinajstić information content (AvgIpc) is 2.96. The molecule has 0 aromatic heterocycles. The van der Waals surface area contributed by atoms with Gasteiger partial charge in [-0.3, -0.25) is 4.79 Å². The Bertz CT molecular complexity index is 1050. The van der Waals surface area contributed by atoms with Gasteiger partial charge >= 0.3 is 5.97 Å². The molecule has 0 saturated heterocycles. The van der Waals surface area contributed by atoms with E-state index >= 15 is 0 Å². The maximum atomic E-state index is 13.4. The zero-order valence-corrected chi connectivity index (χ0v) is 28.0. The van der Waals surface area contributed by atoms with Crippen molar-refractivity contribution in [3.05, 3.63) is 59.4 Å². The fourth-order valence-electron chi connectivity index (χ4n) is 5.43. The number of ether oxygens (including phenoxy) is 3. The SMILES string of the molecule is CO/C1=C\C(C)=C\[C@@H](C)[C@@H](O)[C@@H](C)C/C(C)=C\C=C[C@H](OC)[C@@H]([C@@H](C)[C@@H](O)[C@H](C)C(=O)/C=C/[C@H](C)[C@H](O)C(C)C)OC1=O. The summed E-state index contributed by atoms with van der Waals surface area (Å²) in [5, 5.41) is 32.5. The van der Waals surface area contributed by atoms with Gasteiger partial charge in [0.1, 0.15) is 12.2 Å². The number of carbonyl (C=O) groups excluding carboxylic acids is 2. The molecule has 0 unspecified atom stereocenters. The van der Waals surface area contributed by atoms with E-state index in [0.29, 0.717) is 6.42 Å². The molecule has 0 fully saturated rings. The Morgan fingerprint density at radius 3 is 2.26 bits per heavy atom. The Hall–Kier alpha value is -2.52. The Labute approximate surface area is 259 Å². The molecule has 1 aliphatic rings. The van der Waals surface area contributed by atoms with Gasteiger partial charge in [0.15, 0.2) is 5.78 Å². The van der Waals surface area contributed by atoms with Crippen LogP contribution in [0.15, 0.2) is 59.4 Å². The van der Waals surface area contributed by atoms with E-state index in [1.165, 1.54) is 20.3 Å². The molecule has 0 spiro atoms. The van der Waals surface area contributed by atoms with Crippen LogP contribution < -0.4 is 0 Å². The summed E-state index contributed by atoms with van der Waals surface area (Å²) in [4.78, 5) is 26.4. The lowest BCUT2D eigenvalue weighted by atomic mass is 9.84. The van der Waals surface area contributed by atoms with E-state index in [2.05, 4.69) is 0 Å². The van der Waals surface area contributed by atoms with Crippen LogP contribution in [0.25, 0.3) is 0 Å². The second kappa shape index (κ2) is 18.3. The first-order valence-corrected chi connectivity index (χ1v) is 15.3. The monoisotopic (exact) mass is 604 g/mol.